The van der Waals surface area contributed by atoms with Gasteiger partial charge in [0.2, 0.25) is 0 Å². The van der Waals surface area contributed by atoms with E-state index in [9.17, 15) is 27.9 Å². The summed E-state index contributed by atoms with van der Waals surface area (Å²) in [4.78, 5) is 38.0. The highest BCUT2D eigenvalue weighted by Crippen LogP contribution is 2.37. The van der Waals surface area contributed by atoms with Crippen LogP contribution in [0, 0.1) is 42.0 Å². The summed E-state index contributed by atoms with van der Waals surface area (Å²) in [6, 6.07) is 4.97. The summed E-state index contributed by atoms with van der Waals surface area (Å²) >= 11 is 0. The van der Waals surface area contributed by atoms with Gasteiger partial charge < -0.3 is 25.2 Å². The number of fused-ring (bicyclic) bond motifs is 1. The molecule has 3 heterocycles. The number of carbonyl (C=O) groups excluding carboxylic acids is 1. The molecule has 40 heavy (non-hydrogen) atoms. The second-order valence-electron chi connectivity index (χ2n) is 8.94. The van der Waals surface area contributed by atoms with Crippen LogP contribution in [-0.4, -0.2) is 63.1 Å². The first-order valence-electron chi connectivity index (χ1n) is 12.0. The fourth-order valence-corrected chi connectivity index (χ4v) is 4.38. The molecule has 1 aliphatic heterocycles. The average Bonchev–Trinajstić information content (AvgIpc) is 3.42. The number of benzene rings is 2. The van der Waals surface area contributed by atoms with E-state index in [2.05, 4.69) is 32.1 Å². The Bertz CT molecular complexity index is 1720. The molecule has 3 N–H and O–H groups in total. The first-order valence-corrected chi connectivity index (χ1v) is 12.0. The van der Waals surface area contributed by atoms with E-state index >= 15 is 4.39 Å². The zero-order valence-corrected chi connectivity index (χ0v) is 20.9. The minimum absolute atomic E-state index is 0.0333. The Morgan fingerprint density at radius 3 is 2.48 bits per heavy atom. The highest BCUT2D eigenvalue weighted by Gasteiger charge is 2.30. The lowest BCUT2D eigenvalue weighted by Crippen LogP contribution is -2.48. The standard InChI is InChI=1S/C27H20F4N6O3/c1-14-20(29)21(30)22(31)23(24(14)36-6-8-37(9-7-36)27(39)40)35-26(38)17-4-5-18(28)16(11-17)3-2-15-10-19-25(32-12-15)34-13-33-19/h4-5,10-13H,6-9H2,1H3,(H,35,38)(H,39,40)(H,32,33,34). The van der Waals surface area contributed by atoms with Gasteiger partial charge in [-0.3, -0.25) is 4.79 Å². The molecule has 0 unspecified atom stereocenters. The van der Waals surface area contributed by atoms with Crippen LogP contribution < -0.4 is 10.2 Å². The van der Waals surface area contributed by atoms with E-state index in [1.807, 2.05) is 0 Å². The number of amides is 2. The highest BCUT2D eigenvalue weighted by molar-refractivity contribution is 6.06. The lowest BCUT2D eigenvalue weighted by atomic mass is 10.1. The Kier molecular flexibility index (Phi) is 7.00. The van der Waals surface area contributed by atoms with E-state index < -0.39 is 41.0 Å². The van der Waals surface area contributed by atoms with Gasteiger partial charge in [0.05, 0.1) is 23.1 Å². The number of piperazine rings is 1. The second kappa shape index (κ2) is 10.6. The number of carbonyl (C=O) groups is 2. The number of pyridine rings is 1. The Morgan fingerprint density at radius 1 is 1.00 bits per heavy atom. The number of imidazole rings is 1. The molecule has 0 saturated carbocycles. The van der Waals surface area contributed by atoms with E-state index in [0.29, 0.717) is 16.7 Å². The normalized spacial score (nSPS) is 13.2. The van der Waals surface area contributed by atoms with Crippen molar-refractivity contribution in [3.8, 4) is 11.8 Å². The number of carboxylic acid groups (broad SMARTS) is 1. The third-order valence-corrected chi connectivity index (χ3v) is 6.47. The molecule has 204 valence electrons. The molecule has 0 aliphatic carbocycles. The van der Waals surface area contributed by atoms with Gasteiger partial charge >= 0.3 is 6.09 Å². The highest BCUT2D eigenvalue weighted by atomic mass is 19.2. The van der Waals surface area contributed by atoms with Gasteiger partial charge in [0.25, 0.3) is 5.91 Å². The van der Waals surface area contributed by atoms with Crippen LogP contribution in [0.2, 0.25) is 0 Å². The molecule has 4 aromatic rings. The zero-order chi connectivity index (χ0) is 28.6. The summed E-state index contributed by atoms with van der Waals surface area (Å²) in [5.74, 6) is -1.05. The van der Waals surface area contributed by atoms with Crippen LogP contribution in [0.4, 0.5) is 33.7 Å². The number of halogens is 4. The molecule has 2 aromatic heterocycles. The van der Waals surface area contributed by atoms with Gasteiger partial charge in [0, 0.05) is 49.1 Å². The first kappa shape index (κ1) is 26.5. The van der Waals surface area contributed by atoms with Crippen LogP contribution in [0.5, 0.6) is 0 Å². The molecule has 1 aliphatic rings. The van der Waals surface area contributed by atoms with E-state index in [-0.39, 0.29) is 48.6 Å². The summed E-state index contributed by atoms with van der Waals surface area (Å²) < 4.78 is 58.4. The van der Waals surface area contributed by atoms with Gasteiger partial charge in [0.1, 0.15) is 11.5 Å². The van der Waals surface area contributed by atoms with Crippen LogP contribution >= 0.6 is 0 Å². The maximum Gasteiger partial charge on any atom is 0.407 e. The molecular weight excluding hydrogens is 532 g/mol. The molecule has 2 aromatic carbocycles. The van der Waals surface area contributed by atoms with Crippen molar-refractivity contribution in [3.05, 3.63) is 82.3 Å². The number of aromatic nitrogens is 3. The van der Waals surface area contributed by atoms with Crippen molar-refractivity contribution in [2.24, 2.45) is 0 Å². The van der Waals surface area contributed by atoms with Gasteiger partial charge in [-0.25, -0.2) is 32.3 Å². The maximum atomic E-state index is 15.0. The van der Waals surface area contributed by atoms with Crippen molar-refractivity contribution in [2.75, 3.05) is 36.4 Å². The van der Waals surface area contributed by atoms with Gasteiger partial charge in [-0.15, -0.1) is 0 Å². The molecule has 1 saturated heterocycles. The Labute approximate surface area is 224 Å². The lowest BCUT2D eigenvalue weighted by Gasteiger charge is -2.36. The van der Waals surface area contributed by atoms with Gasteiger partial charge in [0.15, 0.2) is 23.1 Å². The minimum Gasteiger partial charge on any atom is -0.465 e. The number of hydrogen-bond acceptors (Lipinski definition) is 5. The number of nitrogens with zero attached hydrogens (tertiary/aromatic N) is 4. The van der Waals surface area contributed by atoms with Gasteiger partial charge in [-0.2, -0.15) is 0 Å². The average molecular weight is 552 g/mol. The summed E-state index contributed by atoms with van der Waals surface area (Å²) in [6.45, 7) is 1.40. The lowest BCUT2D eigenvalue weighted by molar-refractivity contribution is 0.102. The largest absolute Gasteiger partial charge is 0.465 e. The molecule has 5 rings (SSSR count). The molecule has 1 fully saturated rings. The first-order chi connectivity index (χ1) is 19.1. The number of H-pyrrole nitrogens is 1. The van der Waals surface area contributed by atoms with Crippen molar-refractivity contribution >= 4 is 34.5 Å². The smallest absolute Gasteiger partial charge is 0.407 e. The minimum atomic E-state index is -1.77. The van der Waals surface area contributed by atoms with Crippen molar-refractivity contribution in [3.63, 3.8) is 0 Å². The molecule has 0 bridgehead atoms. The van der Waals surface area contributed by atoms with Crippen LogP contribution in [0.15, 0.2) is 36.8 Å². The van der Waals surface area contributed by atoms with Crippen LogP contribution in [0.1, 0.15) is 27.0 Å². The summed E-state index contributed by atoms with van der Waals surface area (Å²) in [7, 11) is 0. The Morgan fingerprint density at radius 2 is 1.75 bits per heavy atom. The number of aromatic amines is 1. The summed E-state index contributed by atoms with van der Waals surface area (Å²) in [6.07, 6.45) is 1.78. The zero-order valence-electron chi connectivity index (χ0n) is 20.9. The molecule has 13 heteroatoms. The fourth-order valence-electron chi connectivity index (χ4n) is 4.38. The van der Waals surface area contributed by atoms with Crippen LogP contribution in [0.25, 0.3) is 11.2 Å². The van der Waals surface area contributed by atoms with Crippen molar-refractivity contribution in [2.45, 2.75) is 6.92 Å². The van der Waals surface area contributed by atoms with E-state index in [0.717, 1.165) is 23.1 Å². The fraction of sp³-hybridized carbons (Fsp3) is 0.185. The summed E-state index contributed by atoms with van der Waals surface area (Å²) in [5.41, 5.74) is 0.340. The maximum absolute atomic E-state index is 15.0. The van der Waals surface area contributed by atoms with Crippen molar-refractivity contribution < 1.29 is 32.3 Å². The van der Waals surface area contributed by atoms with E-state index in [1.54, 1.807) is 6.07 Å². The predicted molar refractivity (Wildman–Crippen MR) is 137 cm³/mol. The SMILES string of the molecule is Cc1c(F)c(F)c(F)c(NC(=O)c2ccc(F)c(C#Cc3cnc4nc[nH]c4c3)c2)c1N1CCN(C(=O)O)CC1. The van der Waals surface area contributed by atoms with Gasteiger partial charge in [-0.05, 0) is 31.2 Å². The Hall–Kier alpha value is -5.12. The number of anilines is 2. The molecule has 0 radical (unpaired) electrons. The molecule has 2 amide bonds. The van der Waals surface area contributed by atoms with Crippen molar-refractivity contribution in [1.29, 1.82) is 0 Å². The molecule has 0 spiro atoms. The van der Waals surface area contributed by atoms with Gasteiger partial charge in [-0.1, -0.05) is 11.8 Å². The predicted octanol–water partition coefficient (Wildman–Crippen LogP) is 4.27. The van der Waals surface area contributed by atoms with Crippen molar-refractivity contribution in [1.82, 2.24) is 19.9 Å². The number of nitrogens with one attached hydrogen (secondary N) is 2. The number of rotatable bonds is 3. The third-order valence-electron chi connectivity index (χ3n) is 6.47. The Balaban J connectivity index is 1.45. The third kappa shape index (κ3) is 4.98. The van der Waals surface area contributed by atoms with Crippen LogP contribution in [-0.2, 0) is 0 Å². The molecule has 0 atom stereocenters. The monoisotopic (exact) mass is 552 g/mol. The second-order valence-corrected chi connectivity index (χ2v) is 8.94. The van der Waals surface area contributed by atoms with E-state index in [4.69, 9.17) is 0 Å². The molecular formula is C27H20F4N6O3. The van der Waals surface area contributed by atoms with Crippen LogP contribution in [0.3, 0.4) is 0 Å². The topological polar surface area (TPSA) is 114 Å². The summed E-state index contributed by atoms with van der Waals surface area (Å²) in [5, 5.41) is 11.5. The quantitative estimate of drug-likeness (QED) is 0.199. The van der Waals surface area contributed by atoms with E-state index in [1.165, 1.54) is 24.3 Å². The number of hydrogen-bond donors (Lipinski definition) is 3. The molecule has 9 nitrogen and oxygen atoms in total.